The second kappa shape index (κ2) is 63.6. The Bertz CT molecular complexity index is 1860. The summed E-state index contributed by atoms with van der Waals surface area (Å²) in [5.74, 6) is -0.691. The normalized spacial score (nSPS) is 14.3. The molecular formula is C72H136O17P2. The van der Waals surface area contributed by atoms with E-state index < -0.39 is 97.5 Å². The maximum Gasteiger partial charge on any atom is 0.472 e. The zero-order chi connectivity index (χ0) is 67.2. The minimum absolute atomic E-state index is 0.100. The fraction of sp³-hybridized carbons (Fsp3) is 0.889. The minimum Gasteiger partial charge on any atom is -0.462 e. The van der Waals surface area contributed by atoms with Gasteiger partial charge in [0.15, 0.2) is 12.2 Å². The number of phosphoric acid groups is 2. The first kappa shape index (κ1) is 88.5. The van der Waals surface area contributed by atoms with Gasteiger partial charge in [0.2, 0.25) is 0 Å². The summed E-state index contributed by atoms with van der Waals surface area (Å²) < 4.78 is 68.3. The van der Waals surface area contributed by atoms with Crippen molar-refractivity contribution in [2.24, 2.45) is 11.8 Å². The zero-order valence-corrected chi connectivity index (χ0v) is 60.4. The summed E-state index contributed by atoms with van der Waals surface area (Å²) in [7, 11) is -9.91. The van der Waals surface area contributed by atoms with Crippen LogP contribution in [-0.2, 0) is 65.4 Å². The number of phosphoric ester groups is 2. The fourth-order valence-corrected chi connectivity index (χ4v) is 12.0. The lowest BCUT2D eigenvalue weighted by Gasteiger charge is -2.21. The topological polar surface area (TPSA) is 237 Å². The summed E-state index contributed by atoms with van der Waals surface area (Å²) in [5.41, 5.74) is 0. The van der Waals surface area contributed by atoms with Crippen molar-refractivity contribution in [2.45, 2.75) is 362 Å². The SMILES string of the molecule is CCCCCC/C=C\C=C/CCCCCCCC(=O)OC[C@H](COP(=O)(O)OC[C@@H](O)COP(=O)(O)OC[C@@H](COC(=O)CCCCCCCCC(C)C)OC(=O)CCCCCCCCCCCCC)OC(=O)CCCCCCCCCCCCCCCC(C)C. The van der Waals surface area contributed by atoms with E-state index in [-0.39, 0.29) is 25.7 Å². The molecule has 19 heteroatoms. The molecule has 536 valence electrons. The Hall–Kier alpha value is -2.46. The van der Waals surface area contributed by atoms with Gasteiger partial charge in [-0.3, -0.25) is 37.3 Å². The third-order valence-corrected chi connectivity index (χ3v) is 18.0. The average Bonchev–Trinajstić information content (AvgIpc) is 3.34. The molecule has 0 radical (unpaired) electrons. The summed E-state index contributed by atoms with van der Waals surface area (Å²) in [6, 6.07) is 0. The van der Waals surface area contributed by atoms with Crippen LogP contribution in [0, 0.1) is 11.8 Å². The molecule has 91 heavy (non-hydrogen) atoms. The van der Waals surface area contributed by atoms with Crippen molar-refractivity contribution < 1.29 is 80.2 Å². The second-order valence-electron chi connectivity index (χ2n) is 26.2. The van der Waals surface area contributed by atoms with Gasteiger partial charge in [-0.05, 0) is 63.2 Å². The number of aliphatic hydroxyl groups is 1. The van der Waals surface area contributed by atoms with Gasteiger partial charge in [0.05, 0.1) is 26.4 Å². The number of carbonyl (C=O) groups excluding carboxylic acids is 4. The van der Waals surface area contributed by atoms with Gasteiger partial charge in [-0.15, -0.1) is 0 Å². The van der Waals surface area contributed by atoms with E-state index in [1.54, 1.807) is 0 Å². The summed E-state index contributed by atoms with van der Waals surface area (Å²) in [4.78, 5) is 72.5. The van der Waals surface area contributed by atoms with E-state index in [4.69, 9.17) is 37.0 Å². The van der Waals surface area contributed by atoms with E-state index in [1.807, 2.05) is 0 Å². The Balaban J connectivity index is 5.27. The first-order valence-electron chi connectivity index (χ1n) is 36.8. The molecule has 0 aliphatic carbocycles. The highest BCUT2D eigenvalue weighted by Gasteiger charge is 2.30. The van der Waals surface area contributed by atoms with Crippen LogP contribution in [0.4, 0.5) is 0 Å². The highest BCUT2D eigenvalue weighted by atomic mass is 31.2. The monoisotopic (exact) mass is 1330 g/mol. The van der Waals surface area contributed by atoms with Crippen molar-refractivity contribution in [3.8, 4) is 0 Å². The van der Waals surface area contributed by atoms with Gasteiger partial charge in [-0.2, -0.15) is 0 Å². The van der Waals surface area contributed by atoms with Gasteiger partial charge < -0.3 is 33.8 Å². The molecule has 0 heterocycles. The van der Waals surface area contributed by atoms with Crippen LogP contribution in [0.3, 0.4) is 0 Å². The smallest absolute Gasteiger partial charge is 0.462 e. The zero-order valence-electron chi connectivity index (χ0n) is 58.6. The molecule has 3 N–H and O–H groups in total. The van der Waals surface area contributed by atoms with Crippen LogP contribution >= 0.6 is 15.6 Å². The molecule has 0 fully saturated rings. The van der Waals surface area contributed by atoms with Crippen LogP contribution in [0.25, 0.3) is 0 Å². The second-order valence-corrected chi connectivity index (χ2v) is 29.2. The Labute approximate surface area is 554 Å². The quantitative estimate of drug-likeness (QED) is 0.0169. The number of ether oxygens (including phenoxy) is 4. The van der Waals surface area contributed by atoms with Crippen molar-refractivity contribution >= 4 is 39.5 Å². The summed E-state index contributed by atoms with van der Waals surface area (Å²) in [6.07, 6.45) is 52.2. The van der Waals surface area contributed by atoms with Gasteiger partial charge in [-0.25, -0.2) is 9.13 Å². The first-order valence-corrected chi connectivity index (χ1v) is 39.8. The van der Waals surface area contributed by atoms with Crippen LogP contribution in [0.2, 0.25) is 0 Å². The van der Waals surface area contributed by atoms with Crippen LogP contribution in [0.15, 0.2) is 24.3 Å². The third kappa shape index (κ3) is 66.0. The summed E-state index contributed by atoms with van der Waals surface area (Å²) in [6.45, 7) is 9.42. The minimum atomic E-state index is -4.96. The molecule has 0 rings (SSSR count). The average molecular weight is 1340 g/mol. The Morgan fingerprint density at radius 3 is 0.901 bits per heavy atom. The molecule has 0 saturated heterocycles. The van der Waals surface area contributed by atoms with E-state index >= 15 is 0 Å². The third-order valence-electron chi connectivity index (χ3n) is 16.1. The molecule has 5 atom stereocenters. The van der Waals surface area contributed by atoms with E-state index in [9.17, 15) is 43.2 Å². The van der Waals surface area contributed by atoms with E-state index in [0.717, 1.165) is 121 Å². The molecule has 0 aliphatic rings. The van der Waals surface area contributed by atoms with Crippen molar-refractivity contribution in [3.63, 3.8) is 0 Å². The molecule has 0 saturated carbocycles. The van der Waals surface area contributed by atoms with E-state index in [2.05, 4.69) is 65.8 Å². The van der Waals surface area contributed by atoms with Gasteiger partial charge in [0.25, 0.3) is 0 Å². The molecular weight excluding hydrogens is 1200 g/mol. The largest absolute Gasteiger partial charge is 0.472 e. The van der Waals surface area contributed by atoms with Crippen molar-refractivity contribution in [2.75, 3.05) is 39.6 Å². The molecule has 2 unspecified atom stereocenters. The van der Waals surface area contributed by atoms with E-state index in [0.29, 0.717) is 31.6 Å². The Morgan fingerprint density at radius 2 is 0.593 bits per heavy atom. The lowest BCUT2D eigenvalue weighted by Crippen LogP contribution is -2.30. The van der Waals surface area contributed by atoms with E-state index in [1.165, 1.54) is 135 Å². The van der Waals surface area contributed by atoms with Gasteiger partial charge in [-0.1, -0.05) is 291 Å². The van der Waals surface area contributed by atoms with Gasteiger partial charge >= 0.3 is 39.5 Å². The highest BCUT2D eigenvalue weighted by Crippen LogP contribution is 2.45. The number of unbranched alkanes of at least 4 members (excludes halogenated alkanes) is 36. The standard InChI is InChI=1S/C72H136O17P2/c1-7-9-11-13-15-17-19-20-21-24-28-31-35-42-48-54-69(74)82-60-67(88-72(77)57-51-45-37-33-29-25-22-23-27-30-34-40-46-52-64(3)4)62-86-90(78,79)84-58-66(73)59-85-91(80,81)87-63-68(61-83-70(75)55-49-43-39-38-41-47-53-65(5)6)89-71(76)56-50-44-36-32-26-18-16-14-12-10-8-2/h17,19-21,64-68,73H,7-16,18,22-63H2,1-6H3,(H,78,79)(H,80,81)/b19-17-,21-20-/t66-,67-,68-/m1/s1. The maximum absolute atomic E-state index is 13.0. The Kier molecular flexibility index (Phi) is 61.9. The lowest BCUT2D eigenvalue weighted by atomic mass is 10.0. The number of hydrogen-bond donors (Lipinski definition) is 3. The first-order chi connectivity index (χ1) is 43.9. The number of rotatable bonds is 69. The van der Waals surface area contributed by atoms with Gasteiger partial charge in [0.1, 0.15) is 19.3 Å². The molecule has 0 aliphatic heterocycles. The fourth-order valence-electron chi connectivity index (χ4n) is 10.4. The lowest BCUT2D eigenvalue weighted by molar-refractivity contribution is -0.161. The number of allylic oxidation sites excluding steroid dienone is 4. The number of hydrogen-bond acceptors (Lipinski definition) is 15. The molecule has 0 aromatic rings. The predicted octanol–water partition coefficient (Wildman–Crippen LogP) is 20.3. The molecule has 0 bridgehead atoms. The van der Waals surface area contributed by atoms with Crippen LogP contribution in [0.1, 0.15) is 343 Å². The summed E-state index contributed by atoms with van der Waals surface area (Å²) >= 11 is 0. The Morgan fingerprint density at radius 1 is 0.341 bits per heavy atom. The maximum atomic E-state index is 13.0. The van der Waals surface area contributed by atoms with Crippen molar-refractivity contribution in [3.05, 3.63) is 24.3 Å². The number of carbonyl (C=O) groups is 4. The van der Waals surface area contributed by atoms with Crippen molar-refractivity contribution in [1.82, 2.24) is 0 Å². The van der Waals surface area contributed by atoms with Gasteiger partial charge in [0, 0.05) is 25.7 Å². The van der Waals surface area contributed by atoms with Crippen LogP contribution < -0.4 is 0 Å². The molecule has 0 aromatic heterocycles. The number of aliphatic hydroxyl groups excluding tert-OH is 1. The predicted molar refractivity (Wildman–Crippen MR) is 367 cm³/mol. The molecule has 0 spiro atoms. The molecule has 0 aromatic carbocycles. The summed E-state index contributed by atoms with van der Waals surface area (Å²) in [5, 5.41) is 10.6. The number of esters is 4. The highest BCUT2D eigenvalue weighted by molar-refractivity contribution is 7.47. The molecule has 0 amide bonds. The van der Waals surface area contributed by atoms with Crippen molar-refractivity contribution in [1.29, 1.82) is 0 Å². The van der Waals surface area contributed by atoms with Crippen LogP contribution in [-0.4, -0.2) is 96.7 Å². The van der Waals surface area contributed by atoms with Crippen LogP contribution in [0.5, 0.6) is 0 Å². The molecule has 17 nitrogen and oxygen atoms in total.